The van der Waals surface area contributed by atoms with Crippen molar-refractivity contribution < 1.29 is 27.7 Å². The third-order valence-electron chi connectivity index (χ3n) is 3.68. The fourth-order valence-corrected chi connectivity index (χ4v) is 3.58. The van der Waals surface area contributed by atoms with Gasteiger partial charge in [-0.05, 0) is 30.7 Å². The maximum atomic E-state index is 12.2. The SMILES string of the molecule is Cc1cccc([N+](=O)[O-])c1NC(=O)COC(=O)CNS(=O)(=O)c1ccc(Cl)c(Cl)c1. The Bertz CT molecular complexity index is 1110. The van der Waals surface area contributed by atoms with Crippen LogP contribution in [0.5, 0.6) is 0 Å². The first-order valence-corrected chi connectivity index (χ1v) is 10.4. The van der Waals surface area contributed by atoms with Gasteiger partial charge >= 0.3 is 5.97 Å². The molecule has 13 heteroatoms. The molecule has 0 aliphatic rings. The molecular weight excluding hydrogens is 461 g/mol. The van der Waals surface area contributed by atoms with Gasteiger partial charge in [-0.3, -0.25) is 19.7 Å². The molecule has 0 radical (unpaired) electrons. The number of carbonyl (C=O) groups excluding carboxylic acids is 2. The average Bonchev–Trinajstić information content (AvgIpc) is 2.68. The highest BCUT2D eigenvalue weighted by atomic mass is 35.5. The van der Waals surface area contributed by atoms with Gasteiger partial charge in [0.2, 0.25) is 10.0 Å². The van der Waals surface area contributed by atoms with Crippen LogP contribution in [0.25, 0.3) is 0 Å². The molecule has 0 saturated carbocycles. The summed E-state index contributed by atoms with van der Waals surface area (Å²) in [6, 6.07) is 7.83. The molecule has 0 spiro atoms. The van der Waals surface area contributed by atoms with E-state index in [1.165, 1.54) is 24.3 Å². The molecule has 2 aromatic rings. The topological polar surface area (TPSA) is 145 Å². The Labute approximate surface area is 181 Å². The molecule has 0 fully saturated rings. The molecule has 0 bridgehead atoms. The second kappa shape index (κ2) is 9.85. The fourth-order valence-electron chi connectivity index (χ4n) is 2.22. The first kappa shape index (κ1) is 23.5. The number of benzene rings is 2. The highest BCUT2D eigenvalue weighted by molar-refractivity contribution is 7.89. The van der Waals surface area contributed by atoms with Crippen molar-refractivity contribution in [1.82, 2.24) is 4.72 Å². The number of nitro groups is 1. The Kier molecular flexibility index (Phi) is 7.73. The molecule has 0 atom stereocenters. The first-order valence-electron chi connectivity index (χ1n) is 8.15. The minimum atomic E-state index is -4.07. The van der Waals surface area contributed by atoms with Crippen molar-refractivity contribution in [2.75, 3.05) is 18.5 Å². The molecule has 1 amide bonds. The smallest absolute Gasteiger partial charge is 0.321 e. The Hall–Kier alpha value is -2.73. The number of sulfonamides is 1. The lowest BCUT2D eigenvalue weighted by molar-refractivity contribution is -0.384. The molecule has 2 N–H and O–H groups in total. The van der Waals surface area contributed by atoms with E-state index < -0.39 is 40.0 Å². The molecule has 2 rings (SSSR count). The molecule has 0 aliphatic carbocycles. The zero-order valence-corrected chi connectivity index (χ0v) is 17.7. The number of hydrogen-bond acceptors (Lipinski definition) is 7. The third-order valence-corrected chi connectivity index (χ3v) is 5.82. The van der Waals surface area contributed by atoms with E-state index in [0.29, 0.717) is 5.56 Å². The molecule has 2 aromatic carbocycles. The number of carbonyl (C=O) groups is 2. The van der Waals surface area contributed by atoms with E-state index >= 15 is 0 Å². The molecule has 30 heavy (non-hydrogen) atoms. The molecule has 0 unspecified atom stereocenters. The van der Waals surface area contributed by atoms with Gasteiger partial charge in [-0.15, -0.1) is 0 Å². The molecule has 160 valence electrons. The van der Waals surface area contributed by atoms with E-state index in [9.17, 15) is 28.1 Å². The number of anilines is 1. The number of ether oxygens (including phenoxy) is 1. The van der Waals surface area contributed by atoms with Crippen molar-refractivity contribution >= 4 is 56.5 Å². The van der Waals surface area contributed by atoms with Crippen LogP contribution in [0.2, 0.25) is 10.0 Å². The lowest BCUT2D eigenvalue weighted by atomic mass is 10.1. The number of halogens is 2. The van der Waals surface area contributed by atoms with E-state index in [0.717, 1.165) is 6.07 Å². The van der Waals surface area contributed by atoms with Gasteiger partial charge in [0.1, 0.15) is 12.2 Å². The van der Waals surface area contributed by atoms with Gasteiger partial charge in [0.25, 0.3) is 11.6 Å². The summed E-state index contributed by atoms with van der Waals surface area (Å²) in [5.41, 5.74) is 0.103. The van der Waals surface area contributed by atoms with E-state index in [2.05, 4.69) is 5.32 Å². The number of nitrogens with zero attached hydrogens (tertiary/aromatic N) is 1. The second-order valence-electron chi connectivity index (χ2n) is 5.84. The van der Waals surface area contributed by atoms with Gasteiger partial charge in [-0.2, -0.15) is 4.72 Å². The lowest BCUT2D eigenvalue weighted by Gasteiger charge is -2.10. The minimum Gasteiger partial charge on any atom is -0.455 e. The zero-order chi connectivity index (χ0) is 22.5. The van der Waals surface area contributed by atoms with Crippen molar-refractivity contribution in [2.24, 2.45) is 0 Å². The summed E-state index contributed by atoms with van der Waals surface area (Å²) >= 11 is 11.5. The van der Waals surface area contributed by atoms with Gasteiger partial charge in [0.15, 0.2) is 6.61 Å². The van der Waals surface area contributed by atoms with Crippen molar-refractivity contribution in [3.05, 3.63) is 62.1 Å². The molecule has 0 saturated heterocycles. The molecule has 10 nitrogen and oxygen atoms in total. The van der Waals surface area contributed by atoms with Gasteiger partial charge in [-0.1, -0.05) is 35.3 Å². The number of nitrogens with one attached hydrogen (secondary N) is 2. The second-order valence-corrected chi connectivity index (χ2v) is 8.42. The monoisotopic (exact) mass is 475 g/mol. The predicted molar refractivity (Wildman–Crippen MR) is 109 cm³/mol. The van der Waals surface area contributed by atoms with Crippen LogP contribution in [0.4, 0.5) is 11.4 Å². The zero-order valence-electron chi connectivity index (χ0n) is 15.3. The van der Waals surface area contributed by atoms with Crippen LogP contribution in [-0.2, 0) is 24.3 Å². The number of para-hydroxylation sites is 1. The predicted octanol–water partition coefficient (Wildman–Crippen LogP) is 2.67. The van der Waals surface area contributed by atoms with Gasteiger partial charge < -0.3 is 10.1 Å². The van der Waals surface area contributed by atoms with E-state index in [4.69, 9.17) is 27.9 Å². The number of aryl methyl sites for hydroxylation is 1. The van der Waals surface area contributed by atoms with Crippen LogP contribution < -0.4 is 10.0 Å². The molecule has 0 aliphatic heterocycles. The lowest BCUT2D eigenvalue weighted by Crippen LogP contribution is -2.32. The summed E-state index contributed by atoms with van der Waals surface area (Å²) in [5.74, 6) is -1.86. The van der Waals surface area contributed by atoms with Crippen molar-refractivity contribution in [3.8, 4) is 0 Å². The standard InChI is InChI=1S/C17H15Cl2N3O7S/c1-10-3-2-4-14(22(25)26)17(10)21-15(23)9-29-16(24)8-20-30(27,28)11-5-6-12(18)13(19)7-11/h2-7,20H,8-9H2,1H3,(H,21,23). The number of nitro benzene ring substituents is 1. The summed E-state index contributed by atoms with van der Waals surface area (Å²) < 4.78 is 31.0. The van der Waals surface area contributed by atoms with E-state index in [1.54, 1.807) is 13.0 Å². The molecule has 0 aromatic heterocycles. The van der Waals surface area contributed by atoms with E-state index in [-0.39, 0.29) is 26.3 Å². The van der Waals surface area contributed by atoms with Crippen LogP contribution in [0, 0.1) is 17.0 Å². The Morgan fingerprint density at radius 2 is 1.87 bits per heavy atom. The van der Waals surface area contributed by atoms with Crippen LogP contribution >= 0.6 is 23.2 Å². The van der Waals surface area contributed by atoms with Crippen molar-refractivity contribution in [1.29, 1.82) is 0 Å². The van der Waals surface area contributed by atoms with Gasteiger partial charge in [0.05, 0.1) is 19.9 Å². The van der Waals surface area contributed by atoms with Crippen LogP contribution in [0.1, 0.15) is 5.56 Å². The average molecular weight is 476 g/mol. The summed E-state index contributed by atoms with van der Waals surface area (Å²) in [6.07, 6.45) is 0. The van der Waals surface area contributed by atoms with Crippen LogP contribution in [0.3, 0.4) is 0 Å². The van der Waals surface area contributed by atoms with Crippen molar-refractivity contribution in [3.63, 3.8) is 0 Å². The van der Waals surface area contributed by atoms with Gasteiger partial charge in [0, 0.05) is 6.07 Å². The number of esters is 1. The maximum absolute atomic E-state index is 12.2. The molecule has 0 heterocycles. The highest BCUT2D eigenvalue weighted by Crippen LogP contribution is 2.27. The third kappa shape index (κ3) is 6.13. The largest absolute Gasteiger partial charge is 0.455 e. The Morgan fingerprint density at radius 3 is 2.50 bits per heavy atom. The number of rotatable bonds is 8. The minimum absolute atomic E-state index is 0.0177. The highest BCUT2D eigenvalue weighted by Gasteiger charge is 2.20. The maximum Gasteiger partial charge on any atom is 0.321 e. The van der Waals surface area contributed by atoms with E-state index in [1.807, 2.05) is 4.72 Å². The van der Waals surface area contributed by atoms with Crippen molar-refractivity contribution in [2.45, 2.75) is 11.8 Å². The summed E-state index contributed by atoms with van der Waals surface area (Å²) in [4.78, 5) is 33.9. The Balaban J connectivity index is 1.91. The fraction of sp³-hybridized carbons (Fsp3) is 0.176. The van der Waals surface area contributed by atoms with Gasteiger partial charge in [-0.25, -0.2) is 8.42 Å². The van der Waals surface area contributed by atoms with Crippen LogP contribution in [-0.4, -0.2) is 38.4 Å². The first-order chi connectivity index (χ1) is 14.0. The Morgan fingerprint density at radius 1 is 1.17 bits per heavy atom. The summed E-state index contributed by atoms with van der Waals surface area (Å²) in [5, 5.41) is 13.5. The quantitative estimate of drug-likeness (QED) is 0.339. The number of amides is 1. The van der Waals surface area contributed by atoms with Crippen LogP contribution in [0.15, 0.2) is 41.3 Å². The molecular formula is C17H15Cl2N3O7S. The summed E-state index contributed by atoms with van der Waals surface area (Å²) in [6.45, 7) is 0.0472. The normalized spacial score (nSPS) is 11.0. The summed E-state index contributed by atoms with van der Waals surface area (Å²) in [7, 11) is -4.07. The number of hydrogen-bond donors (Lipinski definition) is 2.